The second-order valence-electron chi connectivity index (χ2n) is 4.78. The van der Waals surface area contributed by atoms with Gasteiger partial charge in [-0.3, -0.25) is 0 Å². The van der Waals surface area contributed by atoms with Gasteiger partial charge in [0.05, 0.1) is 7.11 Å². The number of benzene rings is 2. The molecule has 0 amide bonds. The monoisotopic (exact) mass is 300 g/mol. The van der Waals surface area contributed by atoms with Crippen LogP contribution in [0.15, 0.2) is 54.6 Å². The zero-order valence-corrected chi connectivity index (χ0v) is 12.8. The van der Waals surface area contributed by atoms with Gasteiger partial charge in [-0.25, -0.2) is 4.79 Å². The Balaban J connectivity index is 1.91. The maximum atomic E-state index is 11.5. The molecule has 2 aromatic rings. The molecule has 2 aromatic carbocycles. The summed E-state index contributed by atoms with van der Waals surface area (Å²) in [4.78, 5) is 11.5. The summed E-state index contributed by atoms with van der Waals surface area (Å²) in [6, 6.07) is 17.2. The number of rotatable bonds is 7. The molecule has 2 rings (SSSR count). The lowest BCUT2D eigenvalue weighted by Gasteiger charge is -2.15. The zero-order chi connectivity index (χ0) is 15.8. The van der Waals surface area contributed by atoms with Crippen LogP contribution in [0.2, 0.25) is 0 Å². The van der Waals surface area contributed by atoms with E-state index in [4.69, 9.17) is 14.2 Å². The van der Waals surface area contributed by atoms with Crippen molar-refractivity contribution in [1.29, 1.82) is 0 Å². The van der Waals surface area contributed by atoms with Gasteiger partial charge in [0, 0.05) is 0 Å². The van der Waals surface area contributed by atoms with Crippen LogP contribution in [0, 0.1) is 0 Å². The summed E-state index contributed by atoms with van der Waals surface area (Å²) in [7, 11) is 1.36. The highest BCUT2D eigenvalue weighted by atomic mass is 16.6. The summed E-state index contributed by atoms with van der Waals surface area (Å²) >= 11 is 0. The molecule has 0 aliphatic heterocycles. The number of hydrogen-bond donors (Lipinski definition) is 0. The van der Waals surface area contributed by atoms with Crippen molar-refractivity contribution < 1.29 is 19.0 Å². The molecule has 0 aliphatic carbocycles. The Labute approximate surface area is 130 Å². The molecule has 0 radical (unpaired) electrons. The van der Waals surface area contributed by atoms with Gasteiger partial charge in [0.15, 0.2) is 6.10 Å². The van der Waals surface area contributed by atoms with Gasteiger partial charge in [-0.05, 0) is 36.2 Å². The van der Waals surface area contributed by atoms with Crippen LogP contribution in [0.25, 0.3) is 0 Å². The lowest BCUT2D eigenvalue weighted by Crippen LogP contribution is -2.27. The highest BCUT2D eigenvalue weighted by molar-refractivity contribution is 5.74. The molecule has 0 fully saturated rings. The predicted molar refractivity (Wildman–Crippen MR) is 83.9 cm³/mol. The molecule has 22 heavy (non-hydrogen) atoms. The maximum Gasteiger partial charge on any atom is 0.347 e. The minimum absolute atomic E-state index is 0.369. The number of carbonyl (C=O) groups is 1. The molecule has 4 nitrogen and oxygen atoms in total. The minimum Gasteiger partial charge on any atom is -0.489 e. The highest BCUT2D eigenvalue weighted by Crippen LogP contribution is 2.20. The topological polar surface area (TPSA) is 44.8 Å². The van der Waals surface area contributed by atoms with Gasteiger partial charge < -0.3 is 14.2 Å². The van der Waals surface area contributed by atoms with Gasteiger partial charge >= 0.3 is 5.97 Å². The van der Waals surface area contributed by atoms with Gasteiger partial charge in [-0.15, -0.1) is 0 Å². The number of esters is 1. The van der Waals surface area contributed by atoms with Crippen LogP contribution in [0.3, 0.4) is 0 Å². The average Bonchev–Trinajstić information content (AvgIpc) is 2.59. The van der Waals surface area contributed by atoms with Crippen LogP contribution in [0.1, 0.15) is 18.9 Å². The fourth-order valence-electron chi connectivity index (χ4n) is 1.95. The summed E-state index contributed by atoms with van der Waals surface area (Å²) in [5.41, 5.74) is 1.11. The van der Waals surface area contributed by atoms with Gasteiger partial charge in [-0.1, -0.05) is 37.3 Å². The van der Waals surface area contributed by atoms with Crippen LogP contribution in [0.4, 0.5) is 0 Å². The first-order valence-corrected chi connectivity index (χ1v) is 7.24. The van der Waals surface area contributed by atoms with Crippen molar-refractivity contribution in [1.82, 2.24) is 0 Å². The standard InChI is InChI=1S/C18H20O4/c1-3-17(18(19)20-2)22-16-11-9-15(10-12-16)21-13-14-7-5-4-6-8-14/h4-12,17H,3,13H2,1-2H3. The summed E-state index contributed by atoms with van der Waals surface area (Å²) in [5.74, 6) is 0.999. The van der Waals surface area contributed by atoms with Crippen LogP contribution < -0.4 is 9.47 Å². The summed E-state index contributed by atoms with van der Waals surface area (Å²) in [6.45, 7) is 2.39. The van der Waals surface area contributed by atoms with E-state index in [-0.39, 0.29) is 5.97 Å². The Morgan fingerprint density at radius 2 is 1.64 bits per heavy atom. The molecule has 0 spiro atoms. The van der Waals surface area contributed by atoms with Crippen LogP contribution in [0.5, 0.6) is 11.5 Å². The molecular weight excluding hydrogens is 280 g/mol. The summed E-state index contributed by atoms with van der Waals surface area (Å²) in [5, 5.41) is 0. The van der Waals surface area contributed by atoms with Crippen molar-refractivity contribution in [2.24, 2.45) is 0 Å². The van der Waals surface area contributed by atoms with Crippen LogP contribution in [-0.4, -0.2) is 19.2 Å². The van der Waals surface area contributed by atoms with E-state index in [1.54, 1.807) is 12.1 Å². The van der Waals surface area contributed by atoms with E-state index in [1.165, 1.54) is 7.11 Å². The second-order valence-corrected chi connectivity index (χ2v) is 4.78. The molecule has 0 bridgehead atoms. The molecular formula is C18H20O4. The van der Waals surface area contributed by atoms with Gasteiger partial charge in [-0.2, -0.15) is 0 Å². The number of carbonyl (C=O) groups excluding carboxylic acids is 1. The number of methoxy groups -OCH3 is 1. The fourth-order valence-corrected chi connectivity index (χ4v) is 1.95. The number of ether oxygens (including phenoxy) is 3. The Kier molecular flexibility index (Phi) is 5.83. The first-order valence-electron chi connectivity index (χ1n) is 7.24. The zero-order valence-electron chi connectivity index (χ0n) is 12.8. The van der Waals surface area contributed by atoms with Crippen molar-refractivity contribution in [3.8, 4) is 11.5 Å². The van der Waals surface area contributed by atoms with Crippen molar-refractivity contribution in [2.75, 3.05) is 7.11 Å². The molecule has 116 valence electrons. The average molecular weight is 300 g/mol. The molecule has 0 N–H and O–H groups in total. The molecule has 4 heteroatoms. The molecule has 0 saturated carbocycles. The van der Waals surface area contributed by atoms with Gasteiger partial charge in [0.2, 0.25) is 0 Å². The lowest BCUT2D eigenvalue weighted by molar-refractivity contribution is -0.148. The molecule has 1 atom stereocenters. The van der Waals surface area contributed by atoms with E-state index in [0.717, 1.165) is 11.3 Å². The molecule has 0 heterocycles. The Morgan fingerprint density at radius 3 is 2.23 bits per heavy atom. The van der Waals surface area contributed by atoms with Crippen molar-refractivity contribution in [2.45, 2.75) is 26.1 Å². The summed E-state index contributed by atoms with van der Waals surface area (Å²) in [6.07, 6.45) is -0.0278. The van der Waals surface area contributed by atoms with E-state index in [2.05, 4.69) is 0 Å². The lowest BCUT2D eigenvalue weighted by atomic mass is 10.2. The van der Waals surface area contributed by atoms with E-state index in [1.807, 2.05) is 49.4 Å². The Morgan fingerprint density at radius 1 is 1.00 bits per heavy atom. The minimum atomic E-state index is -0.582. The normalized spacial score (nSPS) is 11.5. The van der Waals surface area contributed by atoms with Crippen LogP contribution >= 0.6 is 0 Å². The third-order valence-corrected chi connectivity index (χ3v) is 3.19. The van der Waals surface area contributed by atoms with Crippen molar-refractivity contribution >= 4 is 5.97 Å². The van der Waals surface area contributed by atoms with E-state index >= 15 is 0 Å². The maximum absolute atomic E-state index is 11.5. The van der Waals surface area contributed by atoms with E-state index < -0.39 is 6.10 Å². The summed E-state index contributed by atoms with van der Waals surface area (Å²) < 4.78 is 16.0. The van der Waals surface area contributed by atoms with E-state index in [9.17, 15) is 4.79 Å². The quantitative estimate of drug-likeness (QED) is 0.733. The second kappa shape index (κ2) is 8.08. The van der Waals surface area contributed by atoms with Crippen LogP contribution in [-0.2, 0) is 16.1 Å². The van der Waals surface area contributed by atoms with E-state index in [0.29, 0.717) is 18.8 Å². The largest absolute Gasteiger partial charge is 0.489 e. The molecule has 0 aliphatic rings. The molecule has 0 aromatic heterocycles. The first-order chi connectivity index (χ1) is 10.7. The van der Waals surface area contributed by atoms with Crippen molar-refractivity contribution in [3.63, 3.8) is 0 Å². The SMILES string of the molecule is CCC(Oc1ccc(OCc2ccccc2)cc1)C(=O)OC. The Bertz CT molecular complexity index is 578. The van der Waals surface area contributed by atoms with Gasteiger partial charge in [0.25, 0.3) is 0 Å². The Hall–Kier alpha value is -2.49. The third kappa shape index (κ3) is 4.52. The van der Waals surface area contributed by atoms with Crippen molar-refractivity contribution in [3.05, 3.63) is 60.2 Å². The highest BCUT2D eigenvalue weighted by Gasteiger charge is 2.18. The fraction of sp³-hybridized carbons (Fsp3) is 0.278. The first kappa shape index (κ1) is 15.9. The third-order valence-electron chi connectivity index (χ3n) is 3.19. The predicted octanol–water partition coefficient (Wildman–Crippen LogP) is 3.60. The molecule has 0 saturated heterocycles. The van der Waals surface area contributed by atoms with Gasteiger partial charge in [0.1, 0.15) is 18.1 Å². The number of hydrogen-bond acceptors (Lipinski definition) is 4. The molecule has 1 unspecified atom stereocenters. The smallest absolute Gasteiger partial charge is 0.347 e.